The van der Waals surface area contributed by atoms with Crippen molar-refractivity contribution in [2.75, 3.05) is 11.9 Å². The van der Waals surface area contributed by atoms with E-state index < -0.39 is 0 Å². The smallest absolute Gasteiger partial charge is 0.270 e. The van der Waals surface area contributed by atoms with Gasteiger partial charge in [0, 0.05) is 18.3 Å². The molecule has 0 unspecified atom stereocenters. The van der Waals surface area contributed by atoms with Crippen LogP contribution in [-0.2, 0) is 0 Å². The van der Waals surface area contributed by atoms with Gasteiger partial charge in [-0.25, -0.2) is 9.97 Å². The number of aryl methyl sites for hydroxylation is 1. The summed E-state index contributed by atoms with van der Waals surface area (Å²) in [5.41, 5.74) is 2.74. The predicted molar refractivity (Wildman–Crippen MR) is 86.9 cm³/mol. The zero-order valence-electron chi connectivity index (χ0n) is 13.2. The Kier molecular flexibility index (Phi) is 4.71. The van der Waals surface area contributed by atoms with E-state index in [1.165, 1.54) is 31.3 Å². The SMILES string of the molecule is Cc1cc(C(=O)NCCC2=CCCCC2)nc(NC2CC2)n1. The molecule has 0 bridgehead atoms. The molecule has 0 aromatic carbocycles. The van der Waals surface area contributed by atoms with E-state index in [4.69, 9.17) is 0 Å². The molecule has 2 aliphatic rings. The first-order valence-electron chi connectivity index (χ1n) is 8.29. The Morgan fingerprint density at radius 3 is 2.91 bits per heavy atom. The summed E-state index contributed by atoms with van der Waals surface area (Å²) in [6.45, 7) is 2.57. The summed E-state index contributed by atoms with van der Waals surface area (Å²) in [7, 11) is 0. The molecule has 1 saturated carbocycles. The van der Waals surface area contributed by atoms with Gasteiger partial charge >= 0.3 is 0 Å². The van der Waals surface area contributed by atoms with Crippen LogP contribution >= 0.6 is 0 Å². The van der Waals surface area contributed by atoms with Gasteiger partial charge in [-0.05, 0) is 57.9 Å². The van der Waals surface area contributed by atoms with Crippen LogP contribution in [0.1, 0.15) is 61.1 Å². The Balaban J connectivity index is 1.54. The van der Waals surface area contributed by atoms with E-state index in [1.807, 2.05) is 6.92 Å². The first kappa shape index (κ1) is 15.0. The van der Waals surface area contributed by atoms with Crippen LogP contribution in [0, 0.1) is 6.92 Å². The Labute approximate surface area is 131 Å². The standard InChI is InChI=1S/C17H24N4O/c1-12-11-15(21-17(19-12)20-14-7-8-14)16(22)18-10-9-13-5-3-2-4-6-13/h5,11,14H,2-4,6-10H2,1H3,(H,18,22)(H,19,20,21). The van der Waals surface area contributed by atoms with E-state index in [0.29, 0.717) is 24.2 Å². The molecule has 0 saturated heterocycles. The number of allylic oxidation sites excluding steroid dienone is 1. The molecule has 1 heterocycles. The lowest BCUT2D eigenvalue weighted by molar-refractivity contribution is 0.0949. The van der Waals surface area contributed by atoms with Gasteiger partial charge in [0.2, 0.25) is 5.95 Å². The third-order valence-electron chi connectivity index (χ3n) is 4.11. The van der Waals surface area contributed by atoms with Crippen LogP contribution in [0.5, 0.6) is 0 Å². The number of nitrogens with zero attached hydrogens (tertiary/aromatic N) is 2. The minimum absolute atomic E-state index is 0.110. The summed E-state index contributed by atoms with van der Waals surface area (Å²) < 4.78 is 0. The molecule has 0 atom stereocenters. The number of rotatable bonds is 6. The molecule has 0 spiro atoms. The summed E-state index contributed by atoms with van der Waals surface area (Å²) in [6, 6.07) is 2.23. The van der Waals surface area contributed by atoms with Gasteiger partial charge in [-0.15, -0.1) is 0 Å². The second kappa shape index (κ2) is 6.90. The Morgan fingerprint density at radius 2 is 2.18 bits per heavy atom. The van der Waals surface area contributed by atoms with Crippen molar-refractivity contribution < 1.29 is 4.79 Å². The predicted octanol–water partition coefficient (Wildman–Crippen LogP) is 2.98. The van der Waals surface area contributed by atoms with Crippen LogP contribution in [-0.4, -0.2) is 28.5 Å². The lowest BCUT2D eigenvalue weighted by Crippen LogP contribution is -2.26. The van der Waals surface area contributed by atoms with Crippen molar-refractivity contribution in [1.82, 2.24) is 15.3 Å². The third-order valence-corrected chi connectivity index (χ3v) is 4.11. The van der Waals surface area contributed by atoms with Crippen molar-refractivity contribution in [3.05, 3.63) is 29.1 Å². The Bertz CT molecular complexity index is 578. The van der Waals surface area contributed by atoms with Gasteiger partial charge in [0.25, 0.3) is 5.91 Å². The van der Waals surface area contributed by atoms with Gasteiger partial charge in [-0.3, -0.25) is 4.79 Å². The number of amides is 1. The Hall–Kier alpha value is -1.91. The molecule has 1 aromatic heterocycles. The highest BCUT2D eigenvalue weighted by Crippen LogP contribution is 2.23. The fourth-order valence-electron chi connectivity index (χ4n) is 2.72. The topological polar surface area (TPSA) is 66.9 Å². The summed E-state index contributed by atoms with van der Waals surface area (Å²) in [5.74, 6) is 0.461. The fourth-order valence-corrected chi connectivity index (χ4v) is 2.72. The van der Waals surface area contributed by atoms with E-state index in [0.717, 1.165) is 25.0 Å². The zero-order chi connectivity index (χ0) is 15.4. The Morgan fingerprint density at radius 1 is 1.32 bits per heavy atom. The van der Waals surface area contributed by atoms with E-state index in [1.54, 1.807) is 6.07 Å². The van der Waals surface area contributed by atoms with Gasteiger partial charge in [0.05, 0.1) is 0 Å². The number of carbonyl (C=O) groups is 1. The molecule has 1 aromatic rings. The fraction of sp³-hybridized carbons (Fsp3) is 0.588. The van der Waals surface area contributed by atoms with E-state index in [2.05, 4.69) is 26.7 Å². The molecule has 1 amide bonds. The van der Waals surface area contributed by atoms with E-state index in [-0.39, 0.29) is 5.91 Å². The number of hydrogen-bond acceptors (Lipinski definition) is 4. The number of hydrogen-bond donors (Lipinski definition) is 2. The molecule has 2 N–H and O–H groups in total. The van der Waals surface area contributed by atoms with E-state index >= 15 is 0 Å². The third kappa shape index (κ3) is 4.29. The molecule has 5 heteroatoms. The minimum Gasteiger partial charge on any atom is -0.351 e. The van der Waals surface area contributed by atoms with Gasteiger partial charge in [-0.2, -0.15) is 0 Å². The highest BCUT2D eigenvalue weighted by atomic mass is 16.1. The number of anilines is 1. The highest BCUT2D eigenvalue weighted by molar-refractivity contribution is 5.92. The van der Waals surface area contributed by atoms with Crippen molar-refractivity contribution in [2.24, 2.45) is 0 Å². The average molecular weight is 300 g/mol. The highest BCUT2D eigenvalue weighted by Gasteiger charge is 2.22. The lowest BCUT2D eigenvalue weighted by atomic mass is 9.97. The van der Waals surface area contributed by atoms with Gasteiger partial charge < -0.3 is 10.6 Å². The number of carbonyl (C=O) groups excluding carboxylic acids is 1. The minimum atomic E-state index is -0.110. The van der Waals surface area contributed by atoms with Crippen molar-refractivity contribution in [1.29, 1.82) is 0 Å². The van der Waals surface area contributed by atoms with Gasteiger partial charge in [-0.1, -0.05) is 11.6 Å². The summed E-state index contributed by atoms with van der Waals surface area (Å²) in [5, 5.41) is 6.22. The first-order valence-corrected chi connectivity index (χ1v) is 8.29. The monoisotopic (exact) mass is 300 g/mol. The zero-order valence-corrected chi connectivity index (χ0v) is 13.2. The van der Waals surface area contributed by atoms with Crippen LogP contribution in [0.15, 0.2) is 17.7 Å². The van der Waals surface area contributed by atoms with Crippen LogP contribution in [0.3, 0.4) is 0 Å². The maximum atomic E-state index is 12.2. The van der Waals surface area contributed by atoms with Gasteiger partial charge in [0.1, 0.15) is 5.69 Å². The van der Waals surface area contributed by atoms with Crippen molar-refractivity contribution in [3.63, 3.8) is 0 Å². The lowest BCUT2D eigenvalue weighted by Gasteiger charge is -2.13. The summed E-state index contributed by atoms with van der Waals surface area (Å²) >= 11 is 0. The van der Waals surface area contributed by atoms with Crippen LogP contribution in [0.25, 0.3) is 0 Å². The summed E-state index contributed by atoms with van der Waals surface area (Å²) in [6.07, 6.45) is 10.5. The van der Waals surface area contributed by atoms with Gasteiger partial charge in [0.15, 0.2) is 0 Å². The molecule has 0 aliphatic heterocycles. The number of aromatic nitrogens is 2. The van der Waals surface area contributed by atoms with Crippen molar-refractivity contribution >= 4 is 11.9 Å². The average Bonchev–Trinajstić information content (AvgIpc) is 3.31. The molecule has 1 fully saturated rings. The molecule has 2 aliphatic carbocycles. The maximum absolute atomic E-state index is 12.2. The van der Waals surface area contributed by atoms with Crippen LogP contribution in [0.4, 0.5) is 5.95 Å². The maximum Gasteiger partial charge on any atom is 0.270 e. The second-order valence-electron chi connectivity index (χ2n) is 6.25. The van der Waals surface area contributed by atoms with Crippen molar-refractivity contribution in [3.8, 4) is 0 Å². The molecule has 3 rings (SSSR count). The second-order valence-corrected chi connectivity index (χ2v) is 6.25. The van der Waals surface area contributed by atoms with Crippen molar-refractivity contribution in [2.45, 2.75) is 57.9 Å². The quantitative estimate of drug-likeness (QED) is 0.793. The van der Waals surface area contributed by atoms with E-state index in [9.17, 15) is 4.79 Å². The molecular weight excluding hydrogens is 276 g/mol. The molecule has 5 nitrogen and oxygen atoms in total. The summed E-state index contributed by atoms with van der Waals surface area (Å²) in [4.78, 5) is 20.9. The molecule has 118 valence electrons. The number of nitrogens with one attached hydrogen (secondary N) is 2. The normalized spacial score (nSPS) is 17.8. The first-order chi connectivity index (χ1) is 10.7. The molecular formula is C17H24N4O. The largest absolute Gasteiger partial charge is 0.351 e. The van der Waals surface area contributed by atoms with Crippen LogP contribution in [0.2, 0.25) is 0 Å². The molecule has 22 heavy (non-hydrogen) atoms. The van der Waals surface area contributed by atoms with Crippen LogP contribution < -0.4 is 10.6 Å². The molecule has 0 radical (unpaired) electrons.